The normalized spacial score (nSPS) is 10.6. The third kappa shape index (κ3) is 3.55. The average Bonchev–Trinajstić information content (AvgIpc) is 2.29. The Morgan fingerprint density at radius 2 is 1.11 bits per heavy atom. The van der Waals surface area contributed by atoms with E-state index in [4.69, 9.17) is 74.3 Å². The number of hydrogen-bond acceptors (Lipinski definition) is 1. The molecular formula is C12H4Cl6O. The zero-order valence-corrected chi connectivity index (χ0v) is 13.5. The fourth-order valence-electron chi connectivity index (χ4n) is 1.32. The number of halogens is 6. The molecule has 2 rings (SSSR count). The smallest absolute Gasteiger partial charge is 0.164 e. The summed E-state index contributed by atoms with van der Waals surface area (Å²) in [6.45, 7) is 0. The Labute approximate surface area is 139 Å². The van der Waals surface area contributed by atoms with E-state index in [2.05, 4.69) is 0 Å². The predicted octanol–water partition coefficient (Wildman–Crippen LogP) is 7.40. The Hall–Kier alpha value is -0.0200. The maximum absolute atomic E-state index is 6.01. The van der Waals surface area contributed by atoms with Gasteiger partial charge in [-0.15, -0.1) is 0 Å². The summed E-state index contributed by atoms with van der Waals surface area (Å²) in [7, 11) is 0. The molecule has 0 aliphatic carbocycles. The number of rotatable bonds is 2. The SMILES string of the molecule is Clc1cc(Cl)c(Oc2cc(Cl)c(Cl)cc2Cl)c(Cl)c1. The lowest BCUT2D eigenvalue weighted by Crippen LogP contribution is -1.88. The van der Waals surface area contributed by atoms with Gasteiger partial charge in [-0.25, -0.2) is 0 Å². The molecule has 0 amide bonds. The highest BCUT2D eigenvalue weighted by Gasteiger charge is 2.14. The summed E-state index contributed by atoms with van der Waals surface area (Å²) in [5, 5.41) is 1.85. The lowest BCUT2D eigenvalue weighted by molar-refractivity contribution is 0.483. The van der Waals surface area contributed by atoms with Gasteiger partial charge in [0, 0.05) is 11.1 Å². The van der Waals surface area contributed by atoms with Crippen molar-refractivity contribution in [2.45, 2.75) is 0 Å². The number of benzene rings is 2. The van der Waals surface area contributed by atoms with Crippen LogP contribution in [0.1, 0.15) is 0 Å². The van der Waals surface area contributed by atoms with Crippen LogP contribution in [0, 0.1) is 0 Å². The van der Waals surface area contributed by atoms with Crippen molar-refractivity contribution >= 4 is 69.6 Å². The zero-order chi connectivity index (χ0) is 14.2. The largest absolute Gasteiger partial charge is 0.453 e. The van der Waals surface area contributed by atoms with E-state index in [9.17, 15) is 0 Å². The van der Waals surface area contributed by atoms with Crippen LogP contribution in [0.15, 0.2) is 24.3 Å². The monoisotopic (exact) mass is 374 g/mol. The maximum Gasteiger partial charge on any atom is 0.164 e. The highest BCUT2D eigenvalue weighted by atomic mass is 35.5. The standard InChI is InChI=1S/C12H4Cl6O/c13-5-1-9(17)12(10(18)2-5)19-11-4-7(15)6(14)3-8(11)16/h1-4H. The molecule has 2 aromatic rings. The molecule has 0 aliphatic heterocycles. The highest BCUT2D eigenvalue weighted by molar-refractivity contribution is 6.43. The summed E-state index contributed by atoms with van der Waals surface area (Å²) in [5.74, 6) is 0.537. The summed E-state index contributed by atoms with van der Waals surface area (Å²) in [4.78, 5) is 0. The van der Waals surface area contributed by atoms with E-state index in [1.807, 2.05) is 0 Å². The molecule has 0 saturated heterocycles. The number of hydrogen-bond donors (Lipinski definition) is 0. The van der Waals surface area contributed by atoms with Gasteiger partial charge in [0.1, 0.15) is 5.75 Å². The van der Waals surface area contributed by atoms with E-state index in [1.54, 1.807) is 0 Å². The molecule has 0 unspecified atom stereocenters. The first-order chi connectivity index (χ1) is 8.88. The molecule has 19 heavy (non-hydrogen) atoms. The molecule has 1 nitrogen and oxygen atoms in total. The van der Waals surface area contributed by atoms with Gasteiger partial charge in [0.25, 0.3) is 0 Å². The van der Waals surface area contributed by atoms with Crippen molar-refractivity contribution in [2.75, 3.05) is 0 Å². The summed E-state index contributed by atoms with van der Waals surface area (Å²) in [6, 6.07) is 5.97. The lowest BCUT2D eigenvalue weighted by atomic mass is 10.3. The fraction of sp³-hybridized carbons (Fsp3) is 0. The Balaban J connectivity index is 2.45. The average molecular weight is 377 g/mol. The van der Waals surface area contributed by atoms with Gasteiger partial charge in [-0.3, -0.25) is 0 Å². The molecule has 7 heteroatoms. The van der Waals surface area contributed by atoms with Gasteiger partial charge in [0.05, 0.1) is 25.1 Å². The van der Waals surface area contributed by atoms with Crippen molar-refractivity contribution in [1.82, 2.24) is 0 Å². The molecule has 100 valence electrons. The zero-order valence-electron chi connectivity index (χ0n) is 8.99. The molecule has 0 aromatic heterocycles. The van der Waals surface area contributed by atoms with Crippen molar-refractivity contribution in [3.8, 4) is 11.5 Å². The molecule has 0 bridgehead atoms. The molecule has 0 atom stereocenters. The van der Waals surface area contributed by atoms with E-state index in [1.165, 1.54) is 24.3 Å². The van der Waals surface area contributed by atoms with Gasteiger partial charge in [-0.2, -0.15) is 0 Å². The van der Waals surface area contributed by atoms with Crippen molar-refractivity contribution in [1.29, 1.82) is 0 Å². The Morgan fingerprint density at radius 1 is 0.579 bits per heavy atom. The van der Waals surface area contributed by atoms with Crippen LogP contribution >= 0.6 is 69.6 Å². The first-order valence-corrected chi connectivity index (χ1v) is 7.12. The first kappa shape index (κ1) is 15.4. The second-order valence-corrected chi connectivity index (χ2v) is 5.97. The van der Waals surface area contributed by atoms with Crippen LogP contribution in [0.4, 0.5) is 0 Å². The van der Waals surface area contributed by atoms with E-state index in [0.29, 0.717) is 20.8 Å². The minimum atomic E-state index is 0.244. The summed E-state index contributed by atoms with van der Waals surface area (Å²) in [5.41, 5.74) is 0. The van der Waals surface area contributed by atoms with Crippen LogP contribution in [0.3, 0.4) is 0 Å². The molecule has 0 saturated carbocycles. The molecule has 0 N–H and O–H groups in total. The Morgan fingerprint density at radius 3 is 1.68 bits per heavy atom. The van der Waals surface area contributed by atoms with Gasteiger partial charge in [-0.05, 0) is 18.2 Å². The quantitative estimate of drug-likeness (QED) is 0.496. The van der Waals surface area contributed by atoms with Gasteiger partial charge in [-0.1, -0.05) is 69.6 Å². The van der Waals surface area contributed by atoms with E-state index in [-0.39, 0.29) is 20.8 Å². The summed E-state index contributed by atoms with van der Waals surface area (Å²) < 4.78 is 5.56. The van der Waals surface area contributed by atoms with E-state index < -0.39 is 0 Å². The van der Waals surface area contributed by atoms with Crippen LogP contribution in [0.2, 0.25) is 30.1 Å². The second kappa shape index (κ2) is 6.17. The lowest BCUT2D eigenvalue weighted by Gasteiger charge is -2.12. The van der Waals surface area contributed by atoms with Crippen LogP contribution in [-0.4, -0.2) is 0 Å². The van der Waals surface area contributed by atoms with Gasteiger partial charge >= 0.3 is 0 Å². The second-order valence-electron chi connectivity index (χ2n) is 3.50. The summed E-state index contributed by atoms with van der Waals surface area (Å²) in [6.07, 6.45) is 0. The third-order valence-corrected chi connectivity index (χ3v) is 3.95. The molecule has 0 radical (unpaired) electrons. The third-order valence-electron chi connectivity index (χ3n) is 2.15. The van der Waals surface area contributed by atoms with Crippen molar-refractivity contribution in [3.05, 3.63) is 54.4 Å². The highest BCUT2D eigenvalue weighted by Crippen LogP contribution is 2.42. The minimum absolute atomic E-state index is 0.244. The molecule has 0 spiro atoms. The molecular weight excluding hydrogens is 373 g/mol. The van der Waals surface area contributed by atoms with E-state index >= 15 is 0 Å². The molecule has 0 heterocycles. The van der Waals surface area contributed by atoms with Crippen molar-refractivity contribution < 1.29 is 4.74 Å². The van der Waals surface area contributed by atoms with Crippen LogP contribution < -0.4 is 4.74 Å². The Bertz CT molecular complexity index is 617. The van der Waals surface area contributed by atoms with Crippen LogP contribution in [0.5, 0.6) is 11.5 Å². The maximum atomic E-state index is 6.01. The van der Waals surface area contributed by atoms with Crippen LogP contribution in [-0.2, 0) is 0 Å². The van der Waals surface area contributed by atoms with E-state index in [0.717, 1.165) is 0 Å². The molecule has 2 aromatic carbocycles. The molecule has 0 fully saturated rings. The number of ether oxygens (including phenoxy) is 1. The van der Waals surface area contributed by atoms with Gasteiger partial charge in [0.2, 0.25) is 0 Å². The van der Waals surface area contributed by atoms with Gasteiger partial charge < -0.3 is 4.74 Å². The topological polar surface area (TPSA) is 9.23 Å². The predicted molar refractivity (Wildman–Crippen MR) is 83.0 cm³/mol. The van der Waals surface area contributed by atoms with Crippen molar-refractivity contribution in [2.24, 2.45) is 0 Å². The summed E-state index contributed by atoms with van der Waals surface area (Å²) >= 11 is 35.6. The van der Waals surface area contributed by atoms with Crippen molar-refractivity contribution in [3.63, 3.8) is 0 Å². The fourth-order valence-corrected chi connectivity index (χ4v) is 2.79. The Kier molecular flexibility index (Phi) is 4.99. The first-order valence-electron chi connectivity index (χ1n) is 4.85. The van der Waals surface area contributed by atoms with Gasteiger partial charge in [0.15, 0.2) is 5.75 Å². The molecule has 0 aliphatic rings. The minimum Gasteiger partial charge on any atom is -0.453 e. The van der Waals surface area contributed by atoms with Crippen LogP contribution in [0.25, 0.3) is 0 Å².